The molecule has 0 bridgehead atoms. The average molecular weight is 387 g/mol. The van der Waals surface area contributed by atoms with E-state index < -0.39 is 16.6 Å². The molecular formula is C18H14FN3O4S. The number of anilines is 1. The van der Waals surface area contributed by atoms with Crippen molar-refractivity contribution in [3.63, 3.8) is 0 Å². The van der Waals surface area contributed by atoms with Crippen molar-refractivity contribution in [3.8, 4) is 17.0 Å². The van der Waals surface area contributed by atoms with E-state index in [1.54, 1.807) is 11.4 Å². The molecule has 1 amide bonds. The second-order valence-corrected chi connectivity index (χ2v) is 6.41. The lowest BCUT2D eigenvalue weighted by Crippen LogP contribution is -2.14. The standard InChI is InChI=1S/C18H14FN3O4S/c1-10-12(4-3-5-15(10)22(24)25)17(23)21-18-20-14(9-27-18)11-6-7-16(26-2)13(19)8-11/h3-9H,1-2H3,(H,20,21,23). The van der Waals surface area contributed by atoms with Gasteiger partial charge in [0.25, 0.3) is 11.6 Å². The molecule has 0 saturated carbocycles. The van der Waals surface area contributed by atoms with Crippen LogP contribution in [-0.2, 0) is 0 Å². The zero-order valence-corrected chi connectivity index (χ0v) is 15.2. The number of carbonyl (C=O) groups excluding carboxylic acids is 1. The first-order valence-electron chi connectivity index (χ1n) is 7.75. The fourth-order valence-corrected chi connectivity index (χ4v) is 3.24. The Labute approximate surface area is 157 Å². The molecular weight excluding hydrogens is 373 g/mol. The molecule has 9 heteroatoms. The first-order chi connectivity index (χ1) is 12.9. The number of thiazole rings is 1. The molecule has 138 valence electrons. The minimum Gasteiger partial charge on any atom is -0.494 e. The smallest absolute Gasteiger partial charge is 0.273 e. The second kappa shape index (κ2) is 7.50. The van der Waals surface area contributed by atoms with Gasteiger partial charge in [0.2, 0.25) is 0 Å². The van der Waals surface area contributed by atoms with Crippen molar-refractivity contribution in [1.82, 2.24) is 4.98 Å². The van der Waals surface area contributed by atoms with Crippen molar-refractivity contribution < 1.29 is 18.8 Å². The average Bonchev–Trinajstić information content (AvgIpc) is 3.10. The molecule has 0 spiro atoms. The summed E-state index contributed by atoms with van der Waals surface area (Å²) in [5.41, 5.74) is 1.37. The van der Waals surface area contributed by atoms with Crippen molar-refractivity contribution in [2.45, 2.75) is 6.92 Å². The summed E-state index contributed by atoms with van der Waals surface area (Å²) in [5, 5.41) is 15.6. The van der Waals surface area contributed by atoms with Gasteiger partial charge >= 0.3 is 0 Å². The van der Waals surface area contributed by atoms with E-state index in [4.69, 9.17) is 4.74 Å². The lowest BCUT2D eigenvalue weighted by molar-refractivity contribution is -0.385. The number of hydrogen-bond acceptors (Lipinski definition) is 6. The molecule has 1 heterocycles. The molecule has 27 heavy (non-hydrogen) atoms. The Morgan fingerprint density at radius 3 is 2.78 bits per heavy atom. The van der Waals surface area contributed by atoms with E-state index in [1.165, 1.54) is 55.7 Å². The minimum absolute atomic E-state index is 0.128. The van der Waals surface area contributed by atoms with Gasteiger partial charge in [-0.15, -0.1) is 11.3 Å². The summed E-state index contributed by atoms with van der Waals surface area (Å²) in [6.45, 7) is 1.51. The van der Waals surface area contributed by atoms with Gasteiger partial charge in [-0.1, -0.05) is 6.07 Å². The highest BCUT2D eigenvalue weighted by atomic mass is 32.1. The van der Waals surface area contributed by atoms with Gasteiger partial charge in [-0.3, -0.25) is 20.2 Å². The summed E-state index contributed by atoms with van der Waals surface area (Å²) in [4.78, 5) is 27.2. The molecule has 1 aromatic heterocycles. The van der Waals surface area contributed by atoms with Crippen molar-refractivity contribution in [1.29, 1.82) is 0 Å². The number of ether oxygens (including phenoxy) is 1. The molecule has 0 fully saturated rings. The number of benzene rings is 2. The normalized spacial score (nSPS) is 10.5. The molecule has 0 atom stereocenters. The third kappa shape index (κ3) is 3.77. The van der Waals surface area contributed by atoms with E-state index in [2.05, 4.69) is 10.3 Å². The Morgan fingerprint density at radius 2 is 2.11 bits per heavy atom. The van der Waals surface area contributed by atoms with E-state index in [1.807, 2.05) is 0 Å². The van der Waals surface area contributed by atoms with Crippen LogP contribution in [0, 0.1) is 22.9 Å². The highest BCUT2D eigenvalue weighted by Crippen LogP contribution is 2.29. The van der Waals surface area contributed by atoms with Crippen LogP contribution in [0.5, 0.6) is 5.75 Å². The van der Waals surface area contributed by atoms with Crippen LogP contribution in [0.15, 0.2) is 41.8 Å². The fraction of sp³-hybridized carbons (Fsp3) is 0.111. The number of nitrogens with zero attached hydrogens (tertiary/aromatic N) is 2. The van der Waals surface area contributed by atoms with Crippen LogP contribution in [0.2, 0.25) is 0 Å². The molecule has 0 aliphatic heterocycles. The zero-order chi connectivity index (χ0) is 19.6. The number of rotatable bonds is 5. The summed E-state index contributed by atoms with van der Waals surface area (Å²) < 4.78 is 18.7. The van der Waals surface area contributed by atoms with Gasteiger partial charge in [0.15, 0.2) is 16.7 Å². The van der Waals surface area contributed by atoms with Gasteiger partial charge in [0.1, 0.15) is 0 Å². The SMILES string of the molecule is COc1ccc(-c2csc(NC(=O)c3cccc([N+](=O)[O-])c3C)n2)cc1F. The lowest BCUT2D eigenvalue weighted by atomic mass is 10.1. The lowest BCUT2D eigenvalue weighted by Gasteiger charge is -2.06. The predicted molar refractivity (Wildman–Crippen MR) is 99.8 cm³/mol. The molecule has 3 aromatic rings. The first-order valence-corrected chi connectivity index (χ1v) is 8.63. The summed E-state index contributed by atoms with van der Waals surface area (Å²) in [6, 6.07) is 8.75. The molecule has 0 aliphatic carbocycles. The van der Waals surface area contributed by atoms with Crippen molar-refractivity contribution in [2.24, 2.45) is 0 Å². The quantitative estimate of drug-likeness (QED) is 0.516. The summed E-state index contributed by atoms with van der Waals surface area (Å²) in [7, 11) is 1.38. The monoisotopic (exact) mass is 387 g/mol. The zero-order valence-electron chi connectivity index (χ0n) is 14.4. The number of nitrogens with one attached hydrogen (secondary N) is 1. The van der Waals surface area contributed by atoms with E-state index in [9.17, 15) is 19.3 Å². The Bertz CT molecular complexity index is 1040. The minimum atomic E-state index is -0.536. The number of aromatic nitrogens is 1. The third-order valence-electron chi connectivity index (χ3n) is 3.92. The fourth-order valence-electron chi connectivity index (χ4n) is 2.52. The highest BCUT2D eigenvalue weighted by molar-refractivity contribution is 7.14. The van der Waals surface area contributed by atoms with Crippen molar-refractivity contribution in [2.75, 3.05) is 12.4 Å². The molecule has 2 aromatic carbocycles. The molecule has 0 aliphatic rings. The number of methoxy groups -OCH3 is 1. The summed E-state index contributed by atoms with van der Waals surface area (Å²) in [6.07, 6.45) is 0. The Morgan fingerprint density at radius 1 is 1.33 bits per heavy atom. The number of nitro benzene ring substituents is 1. The van der Waals surface area contributed by atoms with Gasteiger partial charge in [0.05, 0.1) is 17.7 Å². The van der Waals surface area contributed by atoms with Crippen LogP contribution >= 0.6 is 11.3 Å². The molecule has 0 unspecified atom stereocenters. The van der Waals surface area contributed by atoms with E-state index >= 15 is 0 Å². The number of halogens is 1. The Balaban J connectivity index is 1.82. The largest absolute Gasteiger partial charge is 0.494 e. The topological polar surface area (TPSA) is 94.4 Å². The van der Waals surface area contributed by atoms with Crippen molar-refractivity contribution in [3.05, 3.63) is 68.8 Å². The van der Waals surface area contributed by atoms with E-state index in [0.29, 0.717) is 16.4 Å². The van der Waals surface area contributed by atoms with Gasteiger partial charge in [-0.2, -0.15) is 0 Å². The Hall–Kier alpha value is -3.33. The van der Waals surface area contributed by atoms with Gasteiger partial charge in [0, 0.05) is 28.1 Å². The molecule has 3 rings (SSSR count). The van der Waals surface area contributed by atoms with E-state index in [-0.39, 0.29) is 22.6 Å². The van der Waals surface area contributed by atoms with Crippen LogP contribution < -0.4 is 10.1 Å². The number of carbonyl (C=O) groups is 1. The molecule has 7 nitrogen and oxygen atoms in total. The molecule has 1 N–H and O–H groups in total. The van der Waals surface area contributed by atoms with Gasteiger partial charge < -0.3 is 4.74 Å². The third-order valence-corrected chi connectivity index (χ3v) is 4.68. The maximum atomic E-state index is 13.8. The van der Waals surface area contributed by atoms with Crippen LogP contribution in [0.1, 0.15) is 15.9 Å². The number of amides is 1. The van der Waals surface area contributed by atoms with Crippen molar-refractivity contribution >= 4 is 28.1 Å². The second-order valence-electron chi connectivity index (χ2n) is 5.55. The summed E-state index contributed by atoms with van der Waals surface area (Å²) >= 11 is 1.17. The highest BCUT2D eigenvalue weighted by Gasteiger charge is 2.19. The maximum absolute atomic E-state index is 13.8. The summed E-state index contributed by atoms with van der Waals surface area (Å²) in [5.74, 6) is -0.887. The van der Waals surface area contributed by atoms with Crippen LogP contribution in [-0.4, -0.2) is 22.9 Å². The van der Waals surface area contributed by atoms with Crippen LogP contribution in [0.4, 0.5) is 15.2 Å². The maximum Gasteiger partial charge on any atom is 0.273 e. The van der Waals surface area contributed by atoms with Crippen LogP contribution in [0.25, 0.3) is 11.3 Å². The Kier molecular flexibility index (Phi) is 5.13. The predicted octanol–water partition coefficient (Wildman–Crippen LogP) is 4.43. The number of nitro groups is 1. The molecule has 0 saturated heterocycles. The first kappa shape index (κ1) is 18.5. The van der Waals surface area contributed by atoms with Crippen LogP contribution in [0.3, 0.4) is 0 Å². The molecule has 0 radical (unpaired) electrons. The number of hydrogen-bond donors (Lipinski definition) is 1. The van der Waals surface area contributed by atoms with Gasteiger partial charge in [-0.25, -0.2) is 9.37 Å². The van der Waals surface area contributed by atoms with E-state index in [0.717, 1.165) is 0 Å². The van der Waals surface area contributed by atoms with Gasteiger partial charge in [-0.05, 0) is 31.2 Å².